The number of nitrogens with zero attached hydrogens (tertiary/aromatic N) is 1. The van der Waals surface area contributed by atoms with Crippen molar-refractivity contribution in [2.45, 2.75) is 13.5 Å². The molecule has 0 aliphatic rings. The maximum atomic E-state index is 11.8. The molecule has 1 heterocycles. The number of aromatic nitrogens is 1. The summed E-state index contributed by atoms with van der Waals surface area (Å²) in [5.41, 5.74) is 3.18. The summed E-state index contributed by atoms with van der Waals surface area (Å²) in [6.07, 6.45) is 0. The molecular formula is C16H13NO3. The van der Waals surface area contributed by atoms with Gasteiger partial charge in [0.05, 0.1) is 12.1 Å². The van der Waals surface area contributed by atoms with Gasteiger partial charge in [-0.15, -0.1) is 0 Å². The fourth-order valence-corrected chi connectivity index (χ4v) is 2.24. The number of hydrogen-bond acceptors (Lipinski definition) is 3. The Morgan fingerprint density at radius 3 is 2.55 bits per heavy atom. The Balaban J connectivity index is 2.19. The zero-order valence-corrected chi connectivity index (χ0v) is 11.0. The summed E-state index contributed by atoms with van der Waals surface area (Å²) in [6.45, 7) is 1.48. The number of carbonyl (C=O) groups is 1. The van der Waals surface area contributed by atoms with Crippen molar-refractivity contribution < 1.29 is 9.21 Å². The molecule has 1 aromatic heterocycles. The van der Waals surface area contributed by atoms with E-state index in [2.05, 4.69) is 0 Å². The van der Waals surface area contributed by atoms with Crippen LogP contribution in [0.5, 0.6) is 0 Å². The highest BCUT2D eigenvalue weighted by molar-refractivity contribution is 5.83. The first kappa shape index (κ1) is 12.4. The van der Waals surface area contributed by atoms with Gasteiger partial charge in [-0.1, -0.05) is 36.4 Å². The third-order valence-corrected chi connectivity index (χ3v) is 3.16. The first-order valence-electron chi connectivity index (χ1n) is 6.33. The third kappa shape index (κ3) is 2.16. The molecular weight excluding hydrogens is 254 g/mol. The van der Waals surface area contributed by atoms with Crippen LogP contribution in [0.25, 0.3) is 22.2 Å². The summed E-state index contributed by atoms with van der Waals surface area (Å²) < 4.78 is 6.51. The summed E-state index contributed by atoms with van der Waals surface area (Å²) in [4.78, 5) is 23.0. The van der Waals surface area contributed by atoms with Crippen LogP contribution in [0.4, 0.5) is 0 Å². The Bertz CT molecular complexity index is 828. The van der Waals surface area contributed by atoms with Crippen LogP contribution < -0.4 is 5.76 Å². The molecule has 0 aliphatic carbocycles. The SMILES string of the molecule is CC(=O)Cn1c(=O)oc2ccc(-c3ccccc3)cc21. The zero-order chi connectivity index (χ0) is 14.1. The predicted molar refractivity (Wildman–Crippen MR) is 76.6 cm³/mol. The minimum absolute atomic E-state index is 0.0318. The quantitative estimate of drug-likeness (QED) is 0.733. The van der Waals surface area contributed by atoms with E-state index >= 15 is 0 Å². The lowest BCUT2D eigenvalue weighted by molar-refractivity contribution is -0.117. The number of fused-ring (bicyclic) bond motifs is 1. The number of benzene rings is 2. The van der Waals surface area contributed by atoms with Gasteiger partial charge in [-0.25, -0.2) is 4.79 Å². The fraction of sp³-hybridized carbons (Fsp3) is 0.125. The number of ketones is 1. The minimum atomic E-state index is -0.500. The molecule has 0 amide bonds. The van der Waals surface area contributed by atoms with Crippen LogP contribution in [0.3, 0.4) is 0 Å². The lowest BCUT2D eigenvalue weighted by atomic mass is 10.1. The van der Waals surface area contributed by atoms with E-state index in [-0.39, 0.29) is 12.3 Å². The van der Waals surface area contributed by atoms with E-state index in [0.29, 0.717) is 11.1 Å². The Morgan fingerprint density at radius 2 is 1.85 bits per heavy atom. The number of Topliss-reactive ketones (excluding diaryl/α,β-unsaturated/α-hetero) is 1. The van der Waals surface area contributed by atoms with E-state index in [1.54, 1.807) is 6.07 Å². The van der Waals surface area contributed by atoms with Crippen LogP contribution in [0.1, 0.15) is 6.92 Å². The number of oxazole rings is 1. The van der Waals surface area contributed by atoms with E-state index in [1.807, 2.05) is 42.5 Å². The van der Waals surface area contributed by atoms with Gasteiger partial charge in [0.2, 0.25) is 0 Å². The summed E-state index contributed by atoms with van der Waals surface area (Å²) in [5.74, 6) is -0.583. The van der Waals surface area contributed by atoms with Crippen molar-refractivity contribution in [2.75, 3.05) is 0 Å². The lowest BCUT2D eigenvalue weighted by Gasteiger charge is -2.03. The second kappa shape index (κ2) is 4.81. The van der Waals surface area contributed by atoms with Gasteiger partial charge >= 0.3 is 5.76 Å². The minimum Gasteiger partial charge on any atom is -0.408 e. The van der Waals surface area contributed by atoms with Gasteiger partial charge in [-0.3, -0.25) is 9.36 Å². The zero-order valence-electron chi connectivity index (χ0n) is 11.0. The van der Waals surface area contributed by atoms with E-state index < -0.39 is 5.76 Å². The molecule has 0 bridgehead atoms. The van der Waals surface area contributed by atoms with Crippen molar-refractivity contribution in [2.24, 2.45) is 0 Å². The Morgan fingerprint density at radius 1 is 1.10 bits per heavy atom. The van der Waals surface area contributed by atoms with Gasteiger partial charge in [-0.2, -0.15) is 0 Å². The van der Waals surface area contributed by atoms with Gasteiger partial charge in [0, 0.05) is 0 Å². The average molecular weight is 267 g/mol. The molecule has 0 fully saturated rings. The van der Waals surface area contributed by atoms with Gasteiger partial charge in [0.15, 0.2) is 5.58 Å². The second-order valence-electron chi connectivity index (χ2n) is 4.70. The van der Waals surface area contributed by atoms with Crippen LogP contribution in [-0.2, 0) is 11.3 Å². The average Bonchev–Trinajstić information content (AvgIpc) is 2.75. The van der Waals surface area contributed by atoms with Gasteiger partial charge in [-0.05, 0) is 30.2 Å². The first-order valence-corrected chi connectivity index (χ1v) is 6.33. The van der Waals surface area contributed by atoms with E-state index in [4.69, 9.17) is 4.42 Å². The monoisotopic (exact) mass is 267 g/mol. The summed E-state index contributed by atoms with van der Waals surface area (Å²) >= 11 is 0. The molecule has 2 aromatic carbocycles. The maximum absolute atomic E-state index is 11.8. The van der Waals surface area contributed by atoms with Crippen LogP contribution >= 0.6 is 0 Å². The first-order chi connectivity index (χ1) is 9.65. The standard InChI is InChI=1S/C16H13NO3/c1-11(18)10-17-14-9-13(12-5-3-2-4-6-12)7-8-15(14)20-16(17)19/h2-9H,10H2,1H3. The molecule has 4 heteroatoms. The largest absolute Gasteiger partial charge is 0.420 e. The molecule has 0 spiro atoms. The molecule has 0 radical (unpaired) electrons. The second-order valence-corrected chi connectivity index (χ2v) is 4.70. The van der Waals surface area contributed by atoms with Crippen LogP contribution in [0, 0.1) is 0 Å². The maximum Gasteiger partial charge on any atom is 0.420 e. The van der Waals surface area contributed by atoms with Crippen LogP contribution in [-0.4, -0.2) is 10.4 Å². The van der Waals surface area contributed by atoms with Crippen LogP contribution in [0.2, 0.25) is 0 Å². The molecule has 3 aromatic rings. The molecule has 0 aliphatic heterocycles. The van der Waals surface area contributed by atoms with E-state index in [9.17, 15) is 9.59 Å². The summed E-state index contributed by atoms with van der Waals surface area (Å²) in [5, 5.41) is 0. The van der Waals surface area contributed by atoms with E-state index in [0.717, 1.165) is 11.1 Å². The highest BCUT2D eigenvalue weighted by Crippen LogP contribution is 2.23. The Labute approximate surface area is 115 Å². The Hall–Kier alpha value is -2.62. The van der Waals surface area contributed by atoms with Crippen LogP contribution in [0.15, 0.2) is 57.7 Å². The molecule has 3 rings (SSSR count). The normalized spacial score (nSPS) is 10.8. The van der Waals surface area contributed by atoms with Gasteiger partial charge in [0.1, 0.15) is 5.78 Å². The predicted octanol–water partition coefficient (Wildman–Crippen LogP) is 2.85. The topological polar surface area (TPSA) is 52.2 Å². The summed E-state index contributed by atoms with van der Waals surface area (Å²) in [6, 6.07) is 15.4. The van der Waals surface area contributed by atoms with Gasteiger partial charge in [0.25, 0.3) is 0 Å². The number of rotatable bonds is 3. The van der Waals surface area contributed by atoms with Crippen molar-refractivity contribution in [3.05, 3.63) is 59.1 Å². The number of hydrogen-bond donors (Lipinski definition) is 0. The van der Waals surface area contributed by atoms with Gasteiger partial charge < -0.3 is 4.42 Å². The highest BCUT2D eigenvalue weighted by Gasteiger charge is 2.11. The highest BCUT2D eigenvalue weighted by atomic mass is 16.4. The fourth-order valence-electron chi connectivity index (χ4n) is 2.24. The molecule has 4 nitrogen and oxygen atoms in total. The van der Waals surface area contributed by atoms with E-state index in [1.165, 1.54) is 11.5 Å². The van der Waals surface area contributed by atoms with Crippen molar-refractivity contribution in [1.29, 1.82) is 0 Å². The van der Waals surface area contributed by atoms with Crippen molar-refractivity contribution >= 4 is 16.9 Å². The molecule has 0 saturated heterocycles. The third-order valence-electron chi connectivity index (χ3n) is 3.16. The van der Waals surface area contributed by atoms with Crippen molar-refractivity contribution in [1.82, 2.24) is 4.57 Å². The van der Waals surface area contributed by atoms with Crippen molar-refractivity contribution in [3.8, 4) is 11.1 Å². The molecule has 100 valence electrons. The van der Waals surface area contributed by atoms with Crippen molar-refractivity contribution in [3.63, 3.8) is 0 Å². The molecule has 0 unspecified atom stereocenters. The number of carbonyl (C=O) groups excluding carboxylic acids is 1. The molecule has 20 heavy (non-hydrogen) atoms. The molecule has 0 atom stereocenters. The molecule has 0 N–H and O–H groups in total. The molecule has 0 saturated carbocycles. The smallest absolute Gasteiger partial charge is 0.408 e. The summed E-state index contributed by atoms with van der Waals surface area (Å²) in [7, 11) is 0. The lowest BCUT2D eigenvalue weighted by Crippen LogP contribution is -2.18. The Kier molecular flexibility index (Phi) is 2.99.